The maximum absolute atomic E-state index is 13.2. The second-order valence-electron chi connectivity index (χ2n) is 7.36. The molecule has 2 aromatic rings. The number of carbonyl (C=O) groups is 1. The molecular formula is C21H23NO3S. The lowest BCUT2D eigenvalue weighted by atomic mass is 9.89. The molecule has 0 amide bonds. The summed E-state index contributed by atoms with van der Waals surface area (Å²) in [6.45, 7) is 6.82. The Kier molecular flexibility index (Phi) is 4.55. The number of carbonyl (C=O) groups excluding carboxylic acids is 1. The third-order valence-electron chi connectivity index (χ3n) is 5.43. The van der Waals surface area contributed by atoms with Crippen molar-refractivity contribution >= 4 is 16.6 Å². The van der Waals surface area contributed by atoms with Gasteiger partial charge in [-0.25, -0.2) is 4.21 Å². The predicted octanol–water partition coefficient (Wildman–Crippen LogP) is 3.05. The van der Waals surface area contributed by atoms with Gasteiger partial charge in [-0.05, 0) is 49.6 Å². The highest BCUT2D eigenvalue weighted by atomic mass is 32.2. The van der Waals surface area contributed by atoms with Crippen LogP contribution in [0.2, 0.25) is 0 Å². The minimum Gasteiger partial charge on any atom is -0.379 e. The SMILES string of the molecule is CC(C)(C(=O)c1ccc2c(c1)Cc1ccccc1S2=O)N1CCOCC1. The normalized spacial score (nSPS) is 20.3. The molecule has 0 saturated carbocycles. The molecule has 1 unspecified atom stereocenters. The van der Waals surface area contributed by atoms with E-state index in [-0.39, 0.29) is 5.78 Å². The molecule has 26 heavy (non-hydrogen) atoms. The van der Waals surface area contributed by atoms with Gasteiger partial charge in [-0.1, -0.05) is 24.3 Å². The van der Waals surface area contributed by atoms with Crippen LogP contribution in [-0.4, -0.2) is 46.7 Å². The van der Waals surface area contributed by atoms with E-state index in [0.717, 1.165) is 40.4 Å². The van der Waals surface area contributed by atoms with Crippen LogP contribution in [0.1, 0.15) is 35.3 Å². The fourth-order valence-corrected chi connectivity index (χ4v) is 5.19. The molecule has 2 heterocycles. The number of ketones is 1. The van der Waals surface area contributed by atoms with Crippen molar-refractivity contribution in [2.24, 2.45) is 0 Å². The highest BCUT2D eigenvalue weighted by Gasteiger charge is 2.36. The number of hydrogen-bond acceptors (Lipinski definition) is 4. The molecule has 2 aliphatic rings. The quantitative estimate of drug-likeness (QED) is 0.666. The summed E-state index contributed by atoms with van der Waals surface area (Å²) in [5.74, 6) is 0.104. The van der Waals surface area contributed by atoms with Crippen LogP contribution >= 0.6 is 0 Å². The zero-order valence-corrected chi connectivity index (χ0v) is 16.0. The first-order chi connectivity index (χ1) is 12.5. The third kappa shape index (κ3) is 2.94. The molecule has 0 bridgehead atoms. The van der Waals surface area contributed by atoms with Crippen LogP contribution < -0.4 is 0 Å². The van der Waals surface area contributed by atoms with E-state index >= 15 is 0 Å². The van der Waals surface area contributed by atoms with E-state index in [1.54, 1.807) is 0 Å². The van der Waals surface area contributed by atoms with Crippen LogP contribution in [0.5, 0.6) is 0 Å². The van der Waals surface area contributed by atoms with E-state index in [2.05, 4.69) is 4.90 Å². The lowest BCUT2D eigenvalue weighted by molar-refractivity contribution is -0.00430. The molecule has 1 saturated heterocycles. The zero-order chi connectivity index (χ0) is 18.3. The highest BCUT2D eigenvalue weighted by Crippen LogP contribution is 2.33. The summed E-state index contributed by atoms with van der Waals surface area (Å²) in [6.07, 6.45) is 0.719. The molecule has 0 aromatic heterocycles. The molecule has 0 spiro atoms. The Hall–Kier alpha value is -1.82. The molecular weight excluding hydrogens is 346 g/mol. The van der Waals surface area contributed by atoms with Crippen molar-refractivity contribution in [2.45, 2.75) is 35.6 Å². The van der Waals surface area contributed by atoms with Gasteiger partial charge in [0.2, 0.25) is 0 Å². The molecule has 4 rings (SSSR count). The summed E-state index contributed by atoms with van der Waals surface area (Å²) >= 11 is 0. The van der Waals surface area contributed by atoms with Crippen LogP contribution in [0.25, 0.3) is 0 Å². The van der Waals surface area contributed by atoms with Gasteiger partial charge in [0.25, 0.3) is 0 Å². The maximum atomic E-state index is 13.2. The van der Waals surface area contributed by atoms with E-state index in [9.17, 15) is 9.00 Å². The van der Waals surface area contributed by atoms with Gasteiger partial charge in [-0.15, -0.1) is 0 Å². The Labute approximate surface area is 156 Å². The fraction of sp³-hybridized carbons (Fsp3) is 0.381. The Balaban J connectivity index is 1.66. The second kappa shape index (κ2) is 6.72. The Morgan fingerprint density at radius 1 is 1.04 bits per heavy atom. The minimum atomic E-state index is -1.18. The maximum Gasteiger partial charge on any atom is 0.182 e. The molecule has 1 atom stereocenters. The number of fused-ring (bicyclic) bond motifs is 2. The summed E-state index contributed by atoms with van der Waals surface area (Å²) in [5.41, 5.74) is 2.18. The summed E-state index contributed by atoms with van der Waals surface area (Å²) < 4.78 is 18.3. The number of nitrogens with zero attached hydrogens (tertiary/aromatic N) is 1. The third-order valence-corrected chi connectivity index (χ3v) is 7.03. The summed E-state index contributed by atoms with van der Waals surface area (Å²) in [5, 5.41) is 0. The topological polar surface area (TPSA) is 46.6 Å². The van der Waals surface area contributed by atoms with Gasteiger partial charge in [-0.3, -0.25) is 9.69 Å². The van der Waals surface area contributed by atoms with Crippen molar-refractivity contribution in [1.82, 2.24) is 4.90 Å². The lowest BCUT2D eigenvalue weighted by Gasteiger charge is -2.39. The smallest absolute Gasteiger partial charge is 0.182 e. The van der Waals surface area contributed by atoms with Crippen molar-refractivity contribution in [3.8, 4) is 0 Å². The molecule has 5 heteroatoms. The first-order valence-corrected chi connectivity index (χ1v) is 10.1. The second-order valence-corrected chi connectivity index (χ2v) is 8.78. The van der Waals surface area contributed by atoms with Gasteiger partial charge in [0.15, 0.2) is 5.78 Å². The molecule has 2 aliphatic heterocycles. The van der Waals surface area contributed by atoms with E-state index in [1.807, 2.05) is 56.3 Å². The number of morpholine rings is 1. The number of Topliss-reactive ketones (excluding diaryl/α,β-unsaturated/α-hetero) is 1. The van der Waals surface area contributed by atoms with Crippen molar-refractivity contribution in [2.75, 3.05) is 26.3 Å². The van der Waals surface area contributed by atoms with E-state index < -0.39 is 16.3 Å². The van der Waals surface area contributed by atoms with Gasteiger partial charge in [0, 0.05) is 28.4 Å². The Bertz CT molecular complexity index is 885. The number of ether oxygens (including phenoxy) is 1. The number of rotatable bonds is 3. The Morgan fingerprint density at radius 2 is 1.73 bits per heavy atom. The van der Waals surface area contributed by atoms with Crippen molar-refractivity contribution in [3.63, 3.8) is 0 Å². The van der Waals surface area contributed by atoms with Crippen LogP contribution in [-0.2, 0) is 22.0 Å². The molecule has 0 N–H and O–H groups in total. The van der Waals surface area contributed by atoms with Crippen LogP contribution in [0.15, 0.2) is 52.3 Å². The summed E-state index contributed by atoms with van der Waals surface area (Å²) in [6, 6.07) is 13.5. The highest BCUT2D eigenvalue weighted by molar-refractivity contribution is 7.85. The molecule has 2 aromatic carbocycles. The van der Waals surface area contributed by atoms with Gasteiger partial charge in [0.1, 0.15) is 0 Å². The lowest BCUT2D eigenvalue weighted by Crippen LogP contribution is -2.54. The zero-order valence-electron chi connectivity index (χ0n) is 15.2. The average molecular weight is 369 g/mol. The van der Waals surface area contributed by atoms with Crippen LogP contribution in [0.3, 0.4) is 0 Å². The monoisotopic (exact) mass is 369 g/mol. The van der Waals surface area contributed by atoms with E-state index in [4.69, 9.17) is 4.74 Å². The van der Waals surface area contributed by atoms with E-state index in [0.29, 0.717) is 18.8 Å². The van der Waals surface area contributed by atoms with E-state index in [1.165, 1.54) is 0 Å². The summed E-state index contributed by atoms with van der Waals surface area (Å²) in [7, 11) is -1.18. The molecule has 0 radical (unpaired) electrons. The minimum absolute atomic E-state index is 0.104. The summed E-state index contributed by atoms with van der Waals surface area (Å²) in [4.78, 5) is 17.1. The standard InChI is InChI=1S/C21H23NO3S/c1-21(2,22-9-11-25-12-10-22)20(23)16-7-8-19-17(14-16)13-15-5-3-4-6-18(15)26(19)24/h3-8,14H,9-13H2,1-2H3. The molecule has 136 valence electrons. The van der Waals surface area contributed by atoms with Crippen molar-refractivity contribution < 1.29 is 13.7 Å². The Morgan fingerprint density at radius 3 is 2.50 bits per heavy atom. The average Bonchev–Trinajstić information content (AvgIpc) is 2.68. The molecule has 0 aliphatic carbocycles. The van der Waals surface area contributed by atoms with Gasteiger partial charge in [0.05, 0.1) is 29.6 Å². The largest absolute Gasteiger partial charge is 0.379 e. The van der Waals surface area contributed by atoms with Crippen molar-refractivity contribution in [3.05, 3.63) is 59.2 Å². The number of benzene rings is 2. The van der Waals surface area contributed by atoms with Crippen molar-refractivity contribution in [1.29, 1.82) is 0 Å². The first kappa shape index (κ1) is 17.6. The van der Waals surface area contributed by atoms with Crippen LogP contribution in [0, 0.1) is 0 Å². The van der Waals surface area contributed by atoms with Crippen LogP contribution in [0.4, 0.5) is 0 Å². The van der Waals surface area contributed by atoms with Gasteiger partial charge in [-0.2, -0.15) is 0 Å². The van der Waals surface area contributed by atoms with Gasteiger partial charge < -0.3 is 4.74 Å². The van der Waals surface area contributed by atoms with Gasteiger partial charge >= 0.3 is 0 Å². The molecule has 1 fully saturated rings. The predicted molar refractivity (Wildman–Crippen MR) is 101 cm³/mol. The first-order valence-electron chi connectivity index (χ1n) is 8.98. The number of hydrogen-bond donors (Lipinski definition) is 0. The fourth-order valence-electron chi connectivity index (χ4n) is 3.81. The molecule has 4 nitrogen and oxygen atoms in total.